The largest absolute Gasteiger partial charge is 0.356 e. The van der Waals surface area contributed by atoms with Gasteiger partial charge in [0.15, 0.2) is 0 Å². The first kappa shape index (κ1) is 20.3. The highest BCUT2D eigenvalue weighted by atomic mass is 35.5. The van der Waals surface area contributed by atoms with E-state index in [1.54, 1.807) is 12.4 Å². The molecule has 0 radical (unpaired) electrons. The molecule has 0 atom stereocenters. The van der Waals surface area contributed by atoms with Crippen molar-refractivity contribution >= 4 is 23.4 Å². The van der Waals surface area contributed by atoms with Gasteiger partial charge in [0.1, 0.15) is 0 Å². The first-order valence-electron chi connectivity index (χ1n) is 9.80. The first-order chi connectivity index (χ1) is 13.6. The van der Waals surface area contributed by atoms with Crippen molar-refractivity contribution in [1.29, 1.82) is 0 Å². The highest BCUT2D eigenvalue weighted by Gasteiger charge is 2.29. The number of nitrogens with one attached hydrogen (secondary N) is 2. The molecule has 1 aliphatic rings. The number of benzene rings is 1. The van der Waals surface area contributed by atoms with Gasteiger partial charge in [0.05, 0.1) is 0 Å². The van der Waals surface area contributed by atoms with Gasteiger partial charge in [0.25, 0.3) is 0 Å². The molecule has 0 bridgehead atoms. The third-order valence-corrected chi connectivity index (χ3v) is 5.52. The van der Waals surface area contributed by atoms with Crippen molar-refractivity contribution in [1.82, 2.24) is 15.6 Å². The zero-order chi connectivity index (χ0) is 19.8. The Balaban J connectivity index is 1.35. The second-order valence-electron chi connectivity index (χ2n) is 7.29. The van der Waals surface area contributed by atoms with E-state index in [0.29, 0.717) is 18.1 Å². The second kappa shape index (κ2) is 10.2. The van der Waals surface area contributed by atoms with Crippen molar-refractivity contribution < 1.29 is 9.59 Å². The van der Waals surface area contributed by atoms with Crippen LogP contribution in [0.4, 0.5) is 0 Å². The number of hydrogen-bond acceptors (Lipinski definition) is 3. The maximum atomic E-state index is 12.4. The van der Waals surface area contributed by atoms with Crippen LogP contribution in [0.2, 0.25) is 5.02 Å². The summed E-state index contributed by atoms with van der Waals surface area (Å²) in [5, 5.41) is 6.73. The number of nitrogens with zero attached hydrogens (tertiary/aromatic N) is 1. The third kappa shape index (κ3) is 6.06. The fourth-order valence-electron chi connectivity index (χ4n) is 3.62. The molecule has 5 nitrogen and oxygen atoms in total. The maximum absolute atomic E-state index is 12.4. The minimum atomic E-state index is -0.00246. The molecule has 0 unspecified atom stereocenters. The molecule has 28 heavy (non-hydrogen) atoms. The second-order valence-corrected chi connectivity index (χ2v) is 7.73. The van der Waals surface area contributed by atoms with Gasteiger partial charge in [0.2, 0.25) is 11.8 Å². The quantitative estimate of drug-likeness (QED) is 0.748. The minimum Gasteiger partial charge on any atom is -0.356 e. The summed E-state index contributed by atoms with van der Waals surface area (Å²) in [4.78, 5) is 28.7. The molecule has 2 amide bonds. The summed E-state index contributed by atoms with van der Waals surface area (Å²) >= 11 is 5.98. The van der Waals surface area contributed by atoms with Gasteiger partial charge in [0, 0.05) is 42.3 Å². The lowest BCUT2D eigenvalue weighted by Gasteiger charge is -2.27. The Labute approximate surface area is 170 Å². The van der Waals surface area contributed by atoms with Crippen LogP contribution < -0.4 is 10.6 Å². The highest BCUT2D eigenvalue weighted by molar-refractivity contribution is 6.30. The van der Waals surface area contributed by atoms with Gasteiger partial charge >= 0.3 is 0 Å². The predicted octanol–water partition coefficient (Wildman–Crippen LogP) is 3.52. The minimum absolute atomic E-state index is 0.00246. The summed E-state index contributed by atoms with van der Waals surface area (Å²) in [6.07, 6.45) is 7.24. The number of rotatable bonds is 7. The van der Waals surface area contributed by atoms with E-state index in [-0.39, 0.29) is 23.7 Å². The van der Waals surface area contributed by atoms with Crippen molar-refractivity contribution in [3.8, 4) is 0 Å². The SMILES string of the molecule is O=C(NCCc1cccc(Cl)c1)C1CCC(C(=O)NCc2ccncc2)CC1. The number of carbonyl (C=O) groups excluding carboxylic acids is 2. The smallest absolute Gasteiger partial charge is 0.223 e. The van der Waals surface area contributed by atoms with E-state index >= 15 is 0 Å². The summed E-state index contributed by atoms with van der Waals surface area (Å²) in [5.41, 5.74) is 2.15. The van der Waals surface area contributed by atoms with Crippen LogP contribution in [0.3, 0.4) is 0 Å². The predicted molar refractivity (Wildman–Crippen MR) is 110 cm³/mol. The van der Waals surface area contributed by atoms with Crippen LogP contribution in [0.1, 0.15) is 36.8 Å². The zero-order valence-corrected chi connectivity index (χ0v) is 16.6. The molecule has 148 valence electrons. The Morgan fingerprint density at radius 1 is 0.929 bits per heavy atom. The molecule has 2 aromatic rings. The molecule has 3 rings (SSSR count). The standard InChI is InChI=1S/C22H26ClN3O2/c23-20-3-1-2-16(14-20)10-13-25-21(27)18-4-6-19(7-5-18)22(28)26-15-17-8-11-24-12-9-17/h1-3,8-9,11-12,14,18-19H,4-7,10,13,15H2,(H,25,27)(H,26,28). The lowest BCUT2D eigenvalue weighted by atomic mass is 9.81. The van der Waals surface area contributed by atoms with Crippen LogP contribution >= 0.6 is 11.6 Å². The van der Waals surface area contributed by atoms with Crippen LogP contribution in [0.15, 0.2) is 48.8 Å². The van der Waals surface area contributed by atoms with Crippen LogP contribution in [-0.2, 0) is 22.6 Å². The van der Waals surface area contributed by atoms with Gasteiger partial charge in [-0.05, 0) is 67.5 Å². The topological polar surface area (TPSA) is 71.1 Å². The molecule has 1 aromatic heterocycles. The van der Waals surface area contributed by atoms with E-state index < -0.39 is 0 Å². The lowest BCUT2D eigenvalue weighted by Crippen LogP contribution is -2.37. The van der Waals surface area contributed by atoms with Gasteiger partial charge in [-0.15, -0.1) is 0 Å². The Morgan fingerprint density at radius 3 is 2.21 bits per heavy atom. The Kier molecular flexibility index (Phi) is 7.43. The molecule has 6 heteroatoms. The Morgan fingerprint density at radius 2 is 1.57 bits per heavy atom. The first-order valence-corrected chi connectivity index (χ1v) is 10.2. The van der Waals surface area contributed by atoms with Crippen molar-refractivity contribution in [3.63, 3.8) is 0 Å². The number of pyridine rings is 1. The third-order valence-electron chi connectivity index (χ3n) is 5.29. The summed E-state index contributed by atoms with van der Waals surface area (Å²) in [7, 11) is 0. The van der Waals surface area contributed by atoms with Gasteiger partial charge < -0.3 is 10.6 Å². The van der Waals surface area contributed by atoms with Crippen LogP contribution in [0, 0.1) is 11.8 Å². The van der Waals surface area contributed by atoms with Gasteiger partial charge in [-0.1, -0.05) is 23.7 Å². The lowest BCUT2D eigenvalue weighted by molar-refractivity contribution is -0.130. The Bertz CT molecular complexity index is 789. The van der Waals surface area contributed by atoms with E-state index in [4.69, 9.17) is 11.6 Å². The fourth-order valence-corrected chi connectivity index (χ4v) is 3.83. The molecule has 1 heterocycles. The van der Waals surface area contributed by atoms with E-state index in [1.165, 1.54) is 0 Å². The molecule has 0 spiro atoms. The average Bonchev–Trinajstić information content (AvgIpc) is 2.73. The Hall–Kier alpha value is -2.40. The number of carbonyl (C=O) groups is 2. The van der Waals surface area contributed by atoms with E-state index in [0.717, 1.165) is 43.2 Å². The summed E-state index contributed by atoms with van der Waals surface area (Å²) in [6, 6.07) is 11.5. The number of aromatic nitrogens is 1. The molecule has 2 N–H and O–H groups in total. The van der Waals surface area contributed by atoms with Gasteiger partial charge in [-0.3, -0.25) is 14.6 Å². The summed E-state index contributed by atoms with van der Waals surface area (Å²) in [6.45, 7) is 1.12. The van der Waals surface area contributed by atoms with E-state index in [1.807, 2.05) is 36.4 Å². The molecule has 1 fully saturated rings. The number of hydrogen-bond donors (Lipinski definition) is 2. The van der Waals surface area contributed by atoms with Crippen molar-refractivity contribution in [2.75, 3.05) is 6.54 Å². The van der Waals surface area contributed by atoms with E-state index in [2.05, 4.69) is 15.6 Å². The van der Waals surface area contributed by atoms with Crippen molar-refractivity contribution in [2.45, 2.75) is 38.6 Å². The van der Waals surface area contributed by atoms with Crippen molar-refractivity contribution in [3.05, 3.63) is 64.9 Å². The molecular formula is C22H26ClN3O2. The van der Waals surface area contributed by atoms with E-state index in [9.17, 15) is 9.59 Å². The molecule has 1 aromatic carbocycles. The van der Waals surface area contributed by atoms with Crippen LogP contribution in [0.25, 0.3) is 0 Å². The number of halogens is 1. The van der Waals surface area contributed by atoms with Crippen LogP contribution in [0.5, 0.6) is 0 Å². The molecule has 0 aliphatic heterocycles. The highest BCUT2D eigenvalue weighted by Crippen LogP contribution is 2.29. The zero-order valence-electron chi connectivity index (χ0n) is 15.9. The van der Waals surface area contributed by atoms with Crippen LogP contribution in [-0.4, -0.2) is 23.3 Å². The summed E-state index contributed by atoms with van der Waals surface area (Å²) in [5.74, 6) is 0.176. The molecule has 0 saturated heterocycles. The monoisotopic (exact) mass is 399 g/mol. The van der Waals surface area contributed by atoms with Crippen molar-refractivity contribution in [2.24, 2.45) is 11.8 Å². The molecular weight excluding hydrogens is 374 g/mol. The van der Waals surface area contributed by atoms with Gasteiger partial charge in [-0.2, -0.15) is 0 Å². The normalized spacial score (nSPS) is 19.0. The number of amides is 2. The van der Waals surface area contributed by atoms with Gasteiger partial charge in [-0.25, -0.2) is 0 Å². The fraction of sp³-hybridized carbons (Fsp3) is 0.409. The molecule has 1 aliphatic carbocycles. The maximum Gasteiger partial charge on any atom is 0.223 e. The summed E-state index contributed by atoms with van der Waals surface area (Å²) < 4.78 is 0. The molecule has 1 saturated carbocycles. The average molecular weight is 400 g/mol.